The van der Waals surface area contributed by atoms with Crippen LogP contribution >= 0.6 is 0 Å². The number of fused-ring (bicyclic) bond motifs is 1. The normalized spacial score (nSPS) is 21.2. The predicted molar refractivity (Wildman–Crippen MR) is 112 cm³/mol. The van der Waals surface area contributed by atoms with E-state index in [1.54, 1.807) is 18.5 Å². The maximum Gasteiger partial charge on any atom is 0.329 e. The fourth-order valence-electron chi connectivity index (χ4n) is 4.75. The van der Waals surface area contributed by atoms with Crippen LogP contribution in [-0.2, 0) is 28.0 Å². The average Bonchev–Trinajstić information content (AvgIpc) is 2.94. The molecule has 160 valence electrons. The summed E-state index contributed by atoms with van der Waals surface area (Å²) in [5, 5.41) is 2.34. The van der Waals surface area contributed by atoms with E-state index in [0.29, 0.717) is 24.3 Å². The summed E-state index contributed by atoms with van der Waals surface area (Å²) < 4.78 is 3.08. The van der Waals surface area contributed by atoms with E-state index in [9.17, 15) is 19.2 Å². The summed E-state index contributed by atoms with van der Waals surface area (Å²) in [6.45, 7) is 4.38. The maximum absolute atomic E-state index is 12.9. The number of imide groups is 1. The van der Waals surface area contributed by atoms with Crippen molar-refractivity contribution in [3.05, 3.63) is 34.2 Å². The molecule has 0 radical (unpaired) electrons. The van der Waals surface area contributed by atoms with E-state index in [1.165, 1.54) is 4.57 Å². The highest BCUT2D eigenvalue weighted by Gasteiger charge is 2.31. The summed E-state index contributed by atoms with van der Waals surface area (Å²) in [7, 11) is 1.71. The molecule has 2 saturated heterocycles. The van der Waals surface area contributed by atoms with Crippen molar-refractivity contribution in [3.63, 3.8) is 0 Å². The van der Waals surface area contributed by atoms with E-state index in [4.69, 9.17) is 0 Å². The lowest BCUT2D eigenvalue weighted by atomic mass is 9.92. The number of hydrogen-bond acceptors (Lipinski definition) is 5. The number of likely N-dealkylation sites (tertiary alicyclic amines) is 1. The number of rotatable bonds is 5. The third-order valence-electron chi connectivity index (χ3n) is 6.36. The molecule has 1 N–H and O–H groups in total. The van der Waals surface area contributed by atoms with Crippen LogP contribution in [0.3, 0.4) is 0 Å². The van der Waals surface area contributed by atoms with Gasteiger partial charge < -0.3 is 4.79 Å². The van der Waals surface area contributed by atoms with Gasteiger partial charge in [-0.3, -0.25) is 28.9 Å². The van der Waals surface area contributed by atoms with Crippen molar-refractivity contribution in [2.45, 2.75) is 51.6 Å². The van der Waals surface area contributed by atoms with Crippen molar-refractivity contribution in [2.24, 2.45) is 13.0 Å². The smallest absolute Gasteiger partial charge is 0.300 e. The van der Waals surface area contributed by atoms with Crippen LogP contribution in [0, 0.1) is 5.92 Å². The van der Waals surface area contributed by atoms with E-state index < -0.39 is 11.9 Å². The molecule has 4 rings (SSSR count). The lowest BCUT2D eigenvalue weighted by Crippen LogP contribution is -2.44. The SMILES string of the molecule is CC(=O)CC1CCN(Cc2ccc3c(c2)n(C)c(=O)n3C2CCC(=O)NC2=O)CC1. The first kappa shape index (κ1) is 20.5. The third kappa shape index (κ3) is 3.96. The maximum atomic E-state index is 12.9. The van der Waals surface area contributed by atoms with Gasteiger partial charge in [-0.05, 0) is 62.9 Å². The molecular weight excluding hydrogens is 384 g/mol. The van der Waals surface area contributed by atoms with Crippen LogP contribution in [0.25, 0.3) is 11.0 Å². The number of nitrogens with one attached hydrogen (secondary N) is 1. The lowest BCUT2D eigenvalue weighted by molar-refractivity contribution is -0.135. The summed E-state index contributed by atoms with van der Waals surface area (Å²) in [4.78, 5) is 50.4. The Morgan fingerprint density at radius 3 is 2.50 bits per heavy atom. The Labute approximate surface area is 174 Å². The summed E-state index contributed by atoms with van der Waals surface area (Å²) in [5.74, 6) is 0.0437. The summed E-state index contributed by atoms with van der Waals surface area (Å²) in [5.41, 5.74) is 2.36. The van der Waals surface area contributed by atoms with E-state index >= 15 is 0 Å². The topological polar surface area (TPSA) is 93.4 Å². The zero-order valence-electron chi connectivity index (χ0n) is 17.5. The summed E-state index contributed by atoms with van der Waals surface area (Å²) in [6, 6.07) is 5.26. The standard InChI is InChI=1S/C22H28N4O4/c1-14(27)11-15-7-9-25(10-8-15)13-16-3-4-17-19(12-16)24(2)22(30)26(17)18-5-6-20(28)23-21(18)29/h3-4,12,15,18H,5-11,13H2,1-2H3,(H,23,28,29). The van der Waals surface area contributed by atoms with Gasteiger partial charge in [-0.1, -0.05) is 6.07 Å². The second-order valence-electron chi connectivity index (χ2n) is 8.63. The number of Topliss-reactive ketones (excluding diaryl/α,β-unsaturated/α-hetero) is 1. The molecule has 2 amide bonds. The van der Waals surface area contributed by atoms with Gasteiger partial charge in [0.15, 0.2) is 0 Å². The van der Waals surface area contributed by atoms with Crippen LogP contribution in [0.5, 0.6) is 0 Å². The Kier molecular flexibility index (Phi) is 5.60. The molecule has 2 fully saturated rings. The van der Waals surface area contributed by atoms with Gasteiger partial charge >= 0.3 is 5.69 Å². The molecule has 30 heavy (non-hydrogen) atoms. The highest BCUT2D eigenvalue weighted by atomic mass is 16.2. The molecule has 2 aliphatic rings. The van der Waals surface area contributed by atoms with Crippen molar-refractivity contribution >= 4 is 28.6 Å². The zero-order chi connectivity index (χ0) is 21.4. The first-order valence-corrected chi connectivity index (χ1v) is 10.6. The van der Waals surface area contributed by atoms with E-state index in [2.05, 4.69) is 10.2 Å². The third-order valence-corrected chi connectivity index (χ3v) is 6.36. The molecule has 1 atom stereocenters. The number of carbonyl (C=O) groups is 3. The second-order valence-corrected chi connectivity index (χ2v) is 8.63. The number of aryl methyl sites for hydroxylation is 1. The molecule has 1 aromatic carbocycles. The van der Waals surface area contributed by atoms with Crippen molar-refractivity contribution in [3.8, 4) is 0 Å². The lowest BCUT2D eigenvalue weighted by Gasteiger charge is -2.31. The van der Waals surface area contributed by atoms with Gasteiger partial charge in [0.05, 0.1) is 11.0 Å². The van der Waals surface area contributed by atoms with Crippen LogP contribution in [-0.4, -0.2) is 44.7 Å². The molecule has 1 aromatic heterocycles. The number of nitrogens with zero attached hydrogens (tertiary/aromatic N) is 3. The zero-order valence-corrected chi connectivity index (χ0v) is 17.5. The monoisotopic (exact) mass is 412 g/mol. The van der Waals surface area contributed by atoms with Crippen LogP contribution in [0.1, 0.15) is 50.6 Å². The molecular formula is C22H28N4O4. The molecule has 0 bridgehead atoms. The second kappa shape index (κ2) is 8.18. The minimum absolute atomic E-state index is 0.233. The van der Waals surface area contributed by atoms with Gasteiger partial charge in [-0.25, -0.2) is 4.79 Å². The fraction of sp³-hybridized carbons (Fsp3) is 0.545. The Balaban J connectivity index is 1.54. The molecule has 2 aromatic rings. The van der Waals surface area contributed by atoms with Gasteiger partial charge in [0.2, 0.25) is 11.8 Å². The van der Waals surface area contributed by atoms with Gasteiger partial charge in [0.1, 0.15) is 11.8 Å². The van der Waals surface area contributed by atoms with Crippen molar-refractivity contribution in [1.29, 1.82) is 0 Å². The number of imidazole rings is 1. The minimum Gasteiger partial charge on any atom is -0.300 e. The van der Waals surface area contributed by atoms with Gasteiger partial charge in [0.25, 0.3) is 0 Å². The minimum atomic E-state index is -0.662. The molecule has 3 heterocycles. The van der Waals surface area contributed by atoms with Crippen LogP contribution in [0.15, 0.2) is 23.0 Å². The largest absolute Gasteiger partial charge is 0.329 e. The number of benzene rings is 1. The molecule has 2 aliphatic heterocycles. The van der Waals surface area contributed by atoms with Crippen LogP contribution in [0.4, 0.5) is 0 Å². The molecule has 8 nitrogen and oxygen atoms in total. The molecule has 0 spiro atoms. The summed E-state index contributed by atoms with van der Waals surface area (Å²) >= 11 is 0. The van der Waals surface area contributed by atoms with Crippen molar-refractivity contribution in [1.82, 2.24) is 19.4 Å². The van der Waals surface area contributed by atoms with Gasteiger partial charge in [-0.15, -0.1) is 0 Å². The summed E-state index contributed by atoms with van der Waals surface area (Å²) in [6.07, 6.45) is 3.31. The molecule has 0 aliphatic carbocycles. The quantitative estimate of drug-likeness (QED) is 0.752. The van der Waals surface area contributed by atoms with E-state index in [0.717, 1.165) is 43.6 Å². The predicted octanol–water partition coefficient (Wildman–Crippen LogP) is 1.51. The first-order valence-electron chi connectivity index (χ1n) is 10.6. The fourth-order valence-corrected chi connectivity index (χ4v) is 4.75. The first-order chi connectivity index (χ1) is 14.3. The van der Waals surface area contributed by atoms with Crippen LogP contribution in [0.2, 0.25) is 0 Å². The Hall–Kier alpha value is -2.74. The number of amides is 2. The number of carbonyl (C=O) groups excluding carboxylic acids is 3. The Morgan fingerprint density at radius 2 is 1.83 bits per heavy atom. The number of ketones is 1. The highest BCUT2D eigenvalue weighted by Crippen LogP contribution is 2.26. The van der Waals surface area contributed by atoms with Crippen molar-refractivity contribution in [2.75, 3.05) is 13.1 Å². The van der Waals surface area contributed by atoms with E-state index in [-0.39, 0.29) is 23.8 Å². The van der Waals surface area contributed by atoms with Gasteiger partial charge in [0, 0.05) is 26.4 Å². The number of piperidine rings is 2. The number of aromatic nitrogens is 2. The highest BCUT2D eigenvalue weighted by molar-refractivity contribution is 6.00. The van der Waals surface area contributed by atoms with Crippen molar-refractivity contribution < 1.29 is 14.4 Å². The average molecular weight is 412 g/mol. The molecule has 8 heteroatoms. The Bertz CT molecular complexity index is 1060. The molecule has 0 saturated carbocycles. The number of hydrogen-bond donors (Lipinski definition) is 1. The van der Waals surface area contributed by atoms with Gasteiger partial charge in [-0.2, -0.15) is 0 Å². The molecule has 1 unspecified atom stereocenters. The Morgan fingerprint density at radius 1 is 1.10 bits per heavy atom. The van der Waals surface area contributed by atoms with E-state index in [1.807, 2.05) is 18.2 Å². The van der Waals surface area contributed by atoms with Crippen LogP contribution < -0.4 is 11.0 Å².